The average Bonchev–Trinajstić information content (AvgIpc) is 2.10. The zero-order valence-electron chi connectivity index (χ0n) is 6.95. The Kier molecular flexibility index (Phi) is 3.60. The zero-order chi connectivity index (χ0) is 10.0. The van der Waals surface area contributed by atoms with Crippen molar-refractivity contribution in [2.75, 3.05) is 6.61 Å². The Hall–Kier alpha value is -0.240. The fourth-order valence-electron chi connectivity index (χ4n) is 1.30. The van der Waals surface area contributed by atoms with Gasteiger partial charge in [0.1, 0.15) is 18.3 Å². The Morgan fingerprint density at radius 3 is 2.46 bits per heavy atom. The van der Waals surface area contributed by atoms with Crippen LogP contribution in [-0.4, -0.2) is 62.8 Å². The molecule has 6 nitrogen and oxygen atoms in total. The highest BCUT2D eigenvalue weighted by Crippen LogP contribution is 2.21. The lowest BCUT2D eigenvalue weighted by Crippen LogP contribution is -2.54. The van der Waals surface area contributed by atoms with Crippen LogP contribution in [-0.2, 0) is 4.74 Å². The number of hydrogen-bond donors (Lipinski definition) is 5. The molecular formula is C7H14O6. The highest BCUT2D eigenvalue weighted by molar-refractivity contribution is 4.86. The SMILES string of the molecule is OC[C@H](O)[C@H]1O[C@H](O)C[C@@H](O)[C@@H]1O. The first-order valence-corrected chi connectivity index (χ1v) is 4.05. The fraction of sp³-hybridized carbons (Fsp3) is 1.00. The first-order chi connectivity index (χ1) is 6.06. The summed E-state index contributed by atoms with van der Waals surface area (Å²) in [6.07, 6.45) is -6.20. The quantitative estimate of drug-likeness (QED) is 0.324. The molecule has 0 radical (unpaired) electrons. The van der Waals surface area contributed by atoms with Crippen molar-refractivity contribution in [2.45, 2.75) is 37.1 Å². The zero-order valence-corrected chi connectivity index (χ0v) is 6.95. The Morgan fingerprint density at radius 2 is 1.92 bits per heavy atom. The molecule has 1 saturated heterocycles. The summed E-state index contributed by atoms with van der Waals surface area (Å²) in [5.41, 5.74) is 0. The van der Waals surface area contributed by atoms with Crippen LogP contribution in [0.1, 0.15) is 6.42 Å². The van der Waals surface area contributed by atoms with E-state index >= 15 is 0 Å². The number of rotatable bonds is 2. The Morgan fingerprint density at radius 1 is 1.31 bits per heavy atom. The molecule has 78 valence electrons. The molecule has 1 fully saturated rings. The molecule has 1 heterocycles. The van der Waals surface area contributed by atoms with E-state index in [4.69, 9.17) is 20.1 Å². The summed E-state index contributed by atoms with van der Waals surface area (Å²) in [7, 11) is 0. The van der Waals surface area contributed by atoms with E-state index in [-0.39, 0.29) is 6.42 Å². The lowest BCUT2D eigenvalue weighted by Gasteiger charge is -2.36. The molecule has 0 unspecified atom stereocenters. The average molecular weight is 194 g/mol. The monoisotopic (exact) mass is 194 g/mol. The molecule has 5 N–H and O–H groups in total. The van der Waals surface area contributed by atoms with Gasteiger partial charge in [-0.15, -0.1) is 0 Å². The maximum Gasteiger partial charge on any atom is 0.157 e. The van der Waals surface area contributed by atoms with Gasteiger partial charge in [0.25, 0.3) is 0 Å². The molecule has 0 aromatic heterocycles. The third-order valence-corrected chi connectivity index (χ3v) is 2.05. The third kappa shape index (κ3) is 2.37. The van der Waals surface area contributed by atoms with E-state index in [1.165, 1.54) is 0 Å². The number of hydrogen-bond acceptors (Lipinski definition) is 6. The maximum absolute atomic E-state index is 9.30. The Balaban J connectivity index is 2.60. The van der Waals surface area contributed by atoms with Gasteiger partial charge in [0.05, 0.1) is 12.7 Å². The van der Waals surface area contributed by atoms with Crippen molar-refractivity contribution in [1.29, 1.82) is 0 Å². The largest absolute Gasteiger partial charge is 0.394 e. The van der Waals surface area contributed by atoms with Gasteiger partial charge in [0, 0.05) is 6.42 Å². The van der Waals surface area contributed by atoms with E-state index in [0.29, 0.717) is 0 Å². The van der Waals surface area contributed by atoms with E-state index in [1.807, 2.05) is 0 Å². The topological polar surface area (TPSA) is 110 Å². The van der Waals surface area contributed by atoms with Gasteiger partial charge in [-0.1, -0.05) is 0 Å². The molecule has 0 aliphatic carbocycles. The van der Waals surface area contributed by atoms with Crippen molar-refractivity contribution in [3.63, 3.8) is 0 Å². The normalized spacial score (nSPS) is 43.2. The van der Waals surface area contributed by atoms with Crippen molar-refractivity contribution in [3.8, 4) is 0 Å². The van der Waals surface area contributed by atoms with Crippen LogP contribution in [0.4, 0.5) is 0 Å². The van der Waals surface area contributed by atoms with Crippen LogP contribution in [0, 0.1) is 0 Å². The molecular weight excluding hydrogens is 180 g/mol. The summed E-state index contributed by atoms with van der Waals surface area (Å²) in [4.78, 5) is 0. The molecule has 0 amide bonds. The predicted molar refractivity (Wildman–Crippen MR) is 40.6 cm³/mol. The second-order valence-electron chi connectivity index (χ2n) is 3.10. The summed E-state index contributed by atoms with van der Waals surface area (Å²) in [6.45, 7) is -0.596. The number of aliphatic hydroxyl groups excluding tert-OH is 5. The molecule has 0 aromatic carbocycles. The molecule has 13 heavy (non-hydrogen) atoms. The molecule has 0 bridgehead atoms. The first kappa shape index (κ1) is 10.8. The van der Waals surface area contributed by atoms with Crippen molar-refractivity contribution in [1.82, 2.24) is 0 Å². The minimum atomic E-state index is -1.31. The van der Waals surface area contributed by atoms with Crippen molar-refractivity contribution < 1.29 is 30.3 Å². The van der Waals surface area contributed by atoms with E-state index < -0.39 is 37.3 Å². The minimum Gasteiger partial charge on any atom is -0.394 e. The van der Waals surface area contributed by atoms with Crippen LogP contribution in [0.15, 0.2) is 0 Å². The van der Waals surface area contributed by atoms with E-state index in [1.54, 1.807) is 0 Å². The molecule has 0 spiro atoms. The molecule has 1 aliphatic heterocycles. The second kappa shape index (κ2) is 4.32. The molecule has 5 atom stereocenters. The Labute approximate surface area is 75.0 Å². The maximum atomic E-state index is 9.30. The molecule has 6 heteroatoms. The van der Waals surface area contributed by atoms with Crippen LogP contribution >= 0.6 is 0 Å². The summed E-state index contributed by atoms with van der Waals surface area (Å²) in [6, 6.07) is 0. The van der Waals surface area contributed by atoms with Gasteiger partial charge in [0.15, 0.2) is 6.29 Å². The molecule has 0 aromatic rings. The summed E-state index contributed by atoms with van der Waals surface area (Å²) in [5, 5.41) is 45.2. The van der Waals surface area contributed by atoms with Gasteiger partial charge in [-0.25, -0.2) is 0 Å². The molecule has 1 rings (SSSR count). The van der Waals surface area contributed by atoms with Gasteiger partial charge < -0.3 is 30.3 Å². The van der Waals surface area contributed by atoms with Crippen LogP contribution in [0.25, 0.3) is 0 Å². The first-order valence-electron chi connectivity index (χ1n) is 4.05. The fourth-order valence-corrected chi connectivity index (χ4v) is 1.30. The van der Waals surface area contributed by atoms with Crippen LogP contribution in [0.3, 0.4) is 0 Å². The van der Waals surface area contributed by atoms with Crippen LogP contribution in [0.5, 0.6) is 0 Å². The highest BCUT2D eigenvalue weighted by Gasteiger charge is 2.39. The lowest BCUT2D eigenvalue weighted by molar-refractivity contribution is -0.256. The summed E-state index contributed by atoms with van der Waals surface area (Å²) in [5.74, 6) is 0. The third-order valence-electron chi connectivity index (χ3n) is 2.05. The summed E-state index contributed by atoms with van der Waals surface area (Å²) >= 11 is 0. The van der Waals surface area contributed by atoms with E-state index in [2.05, 4.69) is 0 Å². The second-order valence-corrected chi connectivity index (χ2v) is 3.10. The van der Waals surface area contributed by atoms with Gasteiger partial charge in [-0.2, -0.15) is 0 Å². The van der Waals surface area contributed by atoms with Gasteiger partial charge >= 0.3 is 0 Å². The van der Waals surface area contributed by atoms with Gasteiger partial charge in [-0.05, 0) is 0 Å². The van der Waals surface area contributed by atoms with E-state index in [9.17, 15) is 10.2 Å². The molecule has 0 saturated carbocycles. The van der Waals surface area contributed by atoms with Crippen molar-refractivity contribution in [2.24, 2.45) is 0 Å². The predicted octanol–water partition coefficient (Wildman–Crippen LogP) is -2.83. The van der Waals surface area contributed by atoms with Crippen LogP contribution < -0.4 is 0 Å². The van der Waals surface area contributed by atoms with E-state index in [0.717, 1.165) is 0 Å². The van der Waals surface area contributed by atoms with Crippen LogP contribution in [0.2, 0.25) is 0 Å². The van der Waals surface area contributed by atoms with Gasteiger partial charge in [-0.3, -0.25) is 0 Å². The summed E-state index contributed by atoms with van der Waals surface area (Å²) < 4.78 is 4.76. The van der Waals surface area contributed by atoms with Gasteiger partial charge in [0.2, 0.25) is 0 Å². The van der Waals surface area contributed by atoms with Crippen molar-refractivity contribution >= 4 is 0 Å². The highest BCUT2D eigenvalue weighted by atomic mass is 16.6. The minimum absolute atomic E-state index is 0.101. The molecule has 1 aliphatic rings. The standard InChI is InChI=1S/C7H14O6/c8-2-4(10)7-6(12)3(9)1-5(11)13-7/h3-12H,1-2H2/t3-,4+,5+,6+,7-/m1/s1. The van der Waals surface area contributed by atoms with Crippen molar-refractivity contribution in [3.05, 3.63) is 0 Å². The number of aliphatic hydroxyl groups is 5. The number of ether oxygens (including phenoxy) is 1. The smallest absolute Gasteiger partial charge is 0.157 e. The Bertz CT molecular complexity index is 163. The lowest BCUT2D eigenvalue weighted by atomic mass is 9.98.